The third kappa shape index (κ3) is 3.30. The number of hydrogen-bond donors (Lipinski definition) is 0. The van der Waals surface area contributed by atoms with Crippen molar-refractivity contribution in [2.24, 2.45) is 0 Å². The minimum Gasteiger partial charge on any atom is -0.490 e. The molecule has 31 heavy (non-hydrogen) atoms. The zero-order chi connectivity index (χ0) is 21.8. The summed E-state index contributed by atoms with van der Waals surface area (Å²) in [6.45, 7) is 2.87. The van der Waals surface area contributed by atoms with Gasteiger partial charge in [-0.2, -0.15) is 0 Å². The number of fused-ring (bicyclic) bond motifs is 2. The van der Waals surface area contributed by atoms with E-state index in [0.717, 1.165) is 46.9 Å². The Kier molecular flexibility index (Phi) is 4.79. The minimum absolute atomic E-state index is 0.0746. The summed E-state index contributed by atoms with van der Waals surface area (Å²) in [5, 5.41) is 0.605. The molecule has 8 heteroatoms. The van der Waals surface area contributed by atoms with Crippen LogP contribution < -0.4 is 9.64 Å². The number of likely N-dealkylation sites (N-methyl/N-ethyl adjacent to an activating group) is 2. The van der Waals surface area contributed by atoms with Crippen LogP contribution in [-0.2, 0) is 10.0 Å². The van der Waals surface area contributed by atoms with Gasteiger partial charge >= 0.3 is 0 Å². The van der Waals surface area contributed by atoms with Gasteiger partial charge in [-0.1, -0.05) is 18.2 Å². The molecule has 0 aliphatic carbocycles. The van der Waals surface area contributed by atoms with Gasteiger partial charge in [0.1, 0.15) is 23.7 Å². The molecule has 5 rings (SSSR count). The van der Waals surface area contributed by atoms with Gasteiger partial charge in [-0.3, -0.25) is 0 Å². The largest absolute Gasteiger partial charge is 0.490 e. The van der Waals surface area contributed by atoms with Crippen molar-refractivity contribution in [1.29, 1.82) is 0 Å². The van der Waals surface area contributed by atoms with E-state index in [-0.39, 0.29) is 10.4 Å². The van der Waals surface area contributed by atoms with E-state index in [1.807, 2.05) is 19.0 Å². The Hall–Kier alpha value is -2.84. The number of benzene rings is 2. The second-order valence-electron chi connectivity index (χ2n) is 8.12. The van der Waals surface area contributed by atoms with E-state index in [1.165, 1.54) is 12.1 Å². The molecule has 0 fully saturated rings. The van der Waals surface area contributed by atoms with Crippen LogP contribution in [0.2, 0.25) is 0 Å². The first-order valence-corrected chi connectivity index (χ1v) is 11.7. The van der Waals surface area contributed by atoms with E-state index in [9.17, 15) is 12.8 Å². The number of rotatable bonds is 3. The highest BCUT2D eigenvalue weighted by molar-refractivity contribution is 7.90. The predicted molar refractivity (Wildman–Crippen MR) is 120 cm³/mol. The quantitative estimate of drug-likeness (QED) is 0.622. The fourth-order valence-electron chi connectivity index (χ4n) is 4.28. The average Bonchev–Trinajstić information content (AvgIpc) is 3.16. The van der Waals surface area contributed by atoms with Gasteiger partial charge in [-0.05, 0) is 37.2 Å². The lowest BCUT2D eigenvalue weighted by Crippen LogP contribution is -2.29. The van der Waals surface area contributed by atoms with Crippen molar-refractivity contribution in [3.05, 3.63) is 60.1 Å². The maximum atomic E-state index is 14.9. The first kappa shape index (κ1) is 20.1. The lowest BCUT2D eigenvalue weighted by molar-refractivity contribution is 0.310. The van der Waals surface area contributed by atoms with Gasteiger partial charge in [0.05, 0.1) is 17.1 Å². The van der Waals surface area contributed by atoms with E-state index < -0.39 is 15.8 Å². The molecule has 0 unspecified atom stereocenters. The lowest BCUT2D eigenvalue weighted by Gasteiger charge is -2.27. The van der Waals surface area contributed by atoms with Crippen molar-refractivity contribution in [3.63, 3.8) is 0 Å². The molecule has 0 spiro atoms. The highest BCUT2D eigenvalue weighted by Crippen LogP contribution is 2.37. The Balaban J connectivity index is 1.68. The van der Waals surface area contributed by atoms with Gasteiger partial charge in [-0.15, -0.1) is 0 Å². The number of para-hydroxylation sites is 1. The smallest absolute Gasteiger partial charge is 0.268 e. The molecule has 0 amide bonds. The van der Waals surface area contributed by atoms with Crippen molar-refractivity contribution in [2.75, 3.05) is 45.2 Å². The topological polar surface area (TPSA) is 54.8 Å². The summed E-state index contributed by atoms with van der Waals surface area (Å²) in [5.74, 6) is -0.0418. The van der Waals surface area contributed by atoms with E-state index in [2.05, 4.69) is 11.0 Å². The first-order valence-electron chi connectivity index (χ1n) is 10.3. The van der Waals surface area contributed by atoms with Crippen molar-refractivity contribution >= 4 is 32.2 Å². The van der Waals surface area contributed by atoms with Gasteiger partial charge in [0.2, 0.25) is 0 Å². The van der Waals surface area contributed by atoms with Crippen molar-refractivity contribution in [2.45, 2.75) is 11.3 Å². The third-order valence-electron chi connectivity index (χ3n) is 6.09. The zero-order valence-corrected chi connectivity index (χ0v) is 18.3. The molecule has 0 bridgehead atoms. The van der Waals surface area contributed by atoms with E-state index in [4.69, 9.17) is 4.74 Å². The first-order chi connectivity index (χ1) is 14.9. The molecule has 6 nitrogen and oxygen atoms in total. The molecule has 0 saturated carbocycles. The summed E-state index contributed by atoms with van der Waals surface area (Å²) >= 11 is 0. The molecular weight excluding hydrogens is 417 g/mol. The summed E-state index contributed by atoms with van der Waals surface area (Å²) in [4.78, 5) is 4.28. The van der Waals surface area contributed by atoms with Gasteiger partial charge in [0.15, 0.2) is 0 Å². The van der Waals surface area contributed by atoms with E-state index >= 15 is 0 Å². The molecule has 1 aromatic heterocycles. The van der Waals surface area contributed by atoms with Crippen LogP contribution in [-0.4, -0.2) is 57.6 Å². The molecule has 0 radical (unpaired) electrons. The third-order valence-corrected chi connectivity index (χ3v) is 7.74. The molecule has 0 saturated heterocycles. The molecule has 3 aromatic rings. The normalized spacial score (nSPS) is 17.4. The van der Waals surface area contributed by atoms with E-state index in [0.29, 0.717) is 17.7 Å². The summed E-state index contributed by atoms with van der Waals surface area (Å²) in [5.41, 5.74) is 2.72. The Morgan fingerprint density at radius 2 is 1.94 bits per heavy atom. The second-order valence-corrected chi connectivity index (χ2v) is 9.94. The highest BCUT2D eigenvalue weighted by Gasteiger charge is 2.27. The predicted octanol–water partition coefficient (Wildman–Crippen LogP) is 3.56. The minimum atomic E-state index is -4.03. The summed E-state index contributed by atoms with van der Waals surface area (Å²) in [6, 6.07) is 9.53. The Bertz CT molecular complexity index is 1310. The lowest BCUT2D eigenvalue weighted by atomic mass is 9.99. The summed E-state index contributed by atoms with van der Waals surface area (Å²) in [7, 11) is -0.0527. The molecule has 162 valence electrons. The Morgan fingerprint density at radius 3 is 2.71 bits per heavy atom. The van der Waals surface area contributed by atoms with Crippen LogP contribution in [0.5, 0.6) is 5.75 Å². The fourth-order valence-corrected chi connectivity index (χ4v) is 5.67. The Morgan fingerprint density at radius 1 is 1.10 bits per heavy atom. The number of halogens is 1. The van der Waals surface area contributed by atoms with Gasteiger partial charge < -0.3 is 14.5 Å². The van der Waals surface area contributed by atoms with Crippen molar-refractivity contribution in [1.82, 2.24) is 8.87 Å². The highest BCUT2D eigenvalue weighted by atomic mass is 32.2. The molecule has 2 aliphatic heterocycles. The van der Waals surface area contributed by atoms with Crippen LogP contribution in [0.15, 0.2) is 53.6 Å². The average molecular weight is 442 g/mol. The van der Waals surface area contributed by atoms with Crippen LogP contribution in [0.3, 0.4) is 0 Å². The number of anilines is 1. The summed E-state index contributed by atoms with van der Waals surface area (Å²) in [6.07, 6.45) is 4.43. The van der Waals surface area contributed by atoms with Crippen LogP contribution in [0, 0.1) is 5.82 Å². The molecule has 0 N–H and O–H groups in total. The maximum absolute atomic E-state index is 14.9. The maximum Gasteiger partial charge on any atom is 0.268 e. The van der Waals surface area contributed by atoms with Crippen LogP contribution in [0.4, 0.5) is 10.1 Å². The fraction of sp³-hybridized carbons (Fsp3) is 0.304. The van der Waals surface area contributed by atoms with Crippen molar-refractivity contribution in [3.8, 4) is 5.75 Å². The number of hydrogen-bond acceptors (Lipinski definition) is 5. The van der Waals surface area contributed by atoms with Crippen LogP contribution >= 0.6 is 0 Å². The number of nitrogens with zero attached hydrogens (tertiary/aromatic N) is 3. The summed E-state index contributed by atoms with van der Waals surface area (Å²) < 4.78 is 48.9. The van der Waals surface area contributed by atoms with Crippen LogP contribution in [0.1, 0.15) is 12.0 Å². The van der Waals surface area contributed by atoms with Crippen molar-refractivity contribution < 1.29 is 17.5 Å². The Labute approximate surface area is 181 Å². The molecule has 0 atom stereocenters. The monoisotopic (exact) mass is 441 g/mol. The number of ether oxygens (including phenoxy) is 1. The molecule has 2 aliphatic rings. The second kappa shape index (κ2) is 7.39. The van der Waals surface area contributed by atoms with Gasteiger partial charge in [-0.25, -0.2) is 16.8 Å². The molecular formula is C23H24FN3O3S. The van der Waals surface area contributed by atoms with Crippen LogP contribution in [0.25, 0.3) is 16.5 Å². The SMILES string of the molecule is CN1CC=C(c2cn(S(=O)(=O)c3ccc4c(c3)OCCN4C)c3c(F)cccc23)CC1. The molecule has 3 heterocycles. The standard InChI is InChI=1S/C23H24FN3O3S/c1-25-10-8-16(9-11-25)19-15-27(23-18(19)4-3-5-20(23)24)31(28,29)17-6-7-21-22(14-17)30-13-12-26(21)2/h3-8,14-15H,9-13H2,1-2H3. The zero-order valence-electron chi connectivity index (χ0n) is 17.5. The van der Waals surface area contributed by atoms with E-state index in [1.54, 1.807) is 30.5 Å². The van der Waals surface area contributed by atoms with Gasteiger partial charge in [0.25, 0.3) is 10.0 Å². The molecule has 2 aromatic carbocycles. The number of aromatic nitrogens is 1. The van der Waals surface area contributed by atoms with Gasteiger partial charge in [0, 0.05) is 43.4 Å².